The van der Waals surface area contributed by atoms with Gasteiger partial charge in [-0.05, 0) is 36.8 Å². The lowest BCUT2D eigenvalue weighted by Gasteiger charge is -2.16. The normalized spacial score (nSPS) is 11.7. The summed E-state index contributed by atoms with van der Waals surface area (Å²) in [5.74, 6) is 0.384. The van der Waals surface area contributed by atoms with E-state index >= 15 is 0 Å². The number of hydrogen-bond donors (Lipinski definition) is 2. The molecule has 0 aliphatic heterocycles. The minimum Gasteiger partial charge on any atom is -0.484 e. The van der Waals surface area contributed by atoms with Crippen LogP contribution in [0.3, 0.4) is 0 Å². The first-order valence-corrected chi connectivity index (χ1v) is 7.87. The molecule has 2 aromatic rings. The molecular weight excluding hydrogens is 304 g/mol. The van der Waals surface area contributed by atoms with E-state index in [1.807, 2.05) is 74.4 Å². The van der Waals surface area contributed by atoms with Crippen LogP contribution in [0, 0.1) is 6.92 Å². The molecule has 5 nitrogen and oxygen atoms in total. The second-order valence-corrected chi connectivity index (χ2v) is 5.91. The van der Waals surface area contributed by atoms with Crippen molar-refractivity contribution in [1.82, 2.24) is 5.32 Å². The molecule has 1 amide bonds. The van der Waals surface area contributed by atoms with E-state index in [1.165, 1.54) is 0 Å². The summed E-state index contributed by atoms with van der Waals surface area (Å²) in [5.41, 5.74) is 2.96. The van der Waals surface area contributed by atoms with Crippen LogP contribution in [0.4, 0.5) is 5.69 Å². The number of carbonyl (C=O) groups is 1. The molecule has 0 aromatic heterocycles. The van der Waals surface area contributed by atoms with Crippen molar-refractivity contribution in [2.24, 2.45) is 0 Å². The highest BCUT2D eigenvalue weighted by atomic mass is 16.5. The molecule has 0 aliphatic carbocycles. The summed E-state index contributed by atoms with van der Waals surface area (Å²) in [6.45, 7) is 2.07. The van der Waals surface area contributed by atoms with Crippen molar-refractivity contribution in [1.29, 1.82) is 0 Å². The lowest BCUT2D eigenvalue weighted by atomic mass is 10.1. The van der Waals surface area contributed by atoms with Gasteiger partial charge in [0.1, 0.15) is 5.75 Å². The Kier molecular flexibility index (Phi) is 6.21. The van der Waals surface area contributed by atoms with Gasteiger partial charge < -0.3 is 20.1 Å². The molecule has 0 heterocycles. The summed E-state index contributed by atoms with van der Waals surface area (Å²) >= 11 is 0. The summed E-state index contributed by atoms with van der Waals surface area (Å²) in [5, 5.41) is 12.8. The van der Waals surface area contributed by atoms with Gasteiger partial charge in [-0.25, -0.2) is 0 Å². The van der Waals surface area contributed by atoms with E-state index in [9.17, 15) is 9.90 Å². The molecule has 0 saturated heterocycles. The van der Waals surface area contributed by atoms with Crippen molar-refractivity contribution in [2.75, 3.05) is 32.1 Å². The van der Waals surface area contributed by atoms with Gasteiger partial charge in [-0.15, -0.1) is 0 Å². The third-order valence-electron chi connectivity index (χ3n) is 3.68. The van der Waals surface area contributed by atoms with E-state index in [-0.39, 0.29) is 19.1 Å². The Morgan fingerprint density at radius 3 is 2.33 bits per heavy atom. The second-order valence-electron chi connectivity index (χ2n) is 5.91. The molecule has 128 valence electrons. The fraction of sp³-hybridized carbons (Fsp3) is 0.316. The van der Waals surface area contributed by atoms with E-state index in [2.05, 4.69) is 5.32 Å². The Hall–Kier alpha value is -2.53. The average Bonchev–Trinajstić information content (AvgIpc) is 2.59. The number of aliphatic hydroxyl groups excluding tert-OH is 1. The fourth-order valence-corrected chi connectivity index (χ4v) is 2.16. The van der Waals surface area contributed by atoms with Crippen LogP contribution in [0.2, 0.25) is 0 Å². The van der Waals surface area contributed by atoms with E-state index in [0.717, 1.165) is 16.8 Å². The molecule has 2 N–H and O–H groups in total. The number of rotatable bonds is 7. The zero-order valence-corrected chi connectivity index (χ0v) is 14.3. The quantitative estimate of drug-likeness (QED) is 0.819. The van der Waals surface area contributed by atoms with Gasteiger partial charge in [0, 0.05) is 26.3 Å². The first kappa shape index (κ1) is 17.8. The maximum absolute atomic E-state index is 11.8. The summed E-state index contributed by atoms with van der Waals surface area (Å²) in [6.07, 6.45) is -0.746. The SMILES string of the molecule is Cc1ccc(OCC(=O)NCC(O)c2ccc(N(C)C)cc2)cc1. The lowest BCUT2D eigenvalue weighted by molar-refractivity contribution is -0.123. The Morgan fingerprint density at radius 2 is 1.75 bits per heavy atom. The van der Waals surface area contributed by atoms with Crippen molar-refractivity contribution in [3.63, 3.8) is 0 Å². The molecule has 0 fully saturated rings. The van der Waals surface area contributed by atoms with Gasteiger partial charge >= 0.3 is 0 Å². The highest BCUT2D eigenvalue weighted by Crippen LogP contribution is 2.17. The molecule has 1 unspecified atom stereocenters. The molecule has 0 bridgehead atoms. The van der Waals surface area contributed by atoms with Crippen molar-refractivity contribution in [3.8, 4) is 5.75 Å². The number of hydrogen-bond acceptors (Lipinski definition) is 4. The molecule has 2 rings (SSSR count). The molecule has 2 aromatic carbocycles. The number of aryl methyl sites for hydroxylation is 1. The van der Waals surface area contributed by atoms with Crippen LogP contribution in [0.5, 0.6) is 5.75 Å². The van der Waals surface area contributed by atoms with Gasteiger partial charge in [0.15, 0.2) is 6.61 Å². The first-order valence-electron chi connectivity index (χ1n) is 7.87. The second kappa shape index (κ2) is 8.36. The first-order chi connectivity index (χ1) is 11.5. The lowest BCUT2D eigenvalue weighted by Crippen LogP contribution is -2.32. The Morgan fingerprint density at radius 1 is 1.12 bits per heavy atom. The van der Waals surface area contributed by atoms with Crippen LogP contribution in [0.1, 0.15) is 17.2 Å². The topological polar surface area (TPSA) is 61.8 Å². The minimum atomic E-state index is -0.746. The Balaban J connectivity index is 1.77. The van der Waals surface area contributed by atoms with Crippen LogP contribution < -0.4 is 15.0 Å². The van der Waals surface area contributed by atoms with Crippen LogP contribution in [0.15, 0.2) is 48.5 Å². The van der Waals surface area contributed by atoms with Gasteiger partial charge in [-0.3, -0.25) is 4.79 Å². The summed E-state index contributed by atoms with van der Waals surface area (Å²) in [6, 6.07) is 15.1. The monoisotopic (exact) mass is 328 g/mol. The van der Waals surface area contributed by atoms with Crippen molar-refractivity contribution in [2.45, 2.75) is 13.0 Å². The molecule has 0 saturated carbocycles. The third-order valence-corrected chi connectivity index (χ3v) is 3.68. The maximum Gasteiger partial charge on any atom is 0.258 e. The van der Waals surface area contributed by atoms with Gasteiger partial charge in [0.25, 0.3) is 5.91 Å². The van der Waals surface area contributed by atoms with E-state index < -0.39 is 6.10 Å². The number of anilines is 1. The van der Waals surface area contributed by atoms with E-state index in [1.54, 1.807) is 0 Å². The third kappa shape index (κ3) is 5.28. The Labute approximate surface area is 142 Å². The fourth-order valence-electron chi connectivity index (χ4n) is 2.16. The number of ether oxygens (including phenoxy) is 1. The molecule has 24 heavy (non-hydrogen) atoms. The predicted molar refractivity (Wildman–Crippen MR) is 95.4 cm³/mol. The number of carbonyl (C=O) groups excluding carboxylic acids is 1. The van der Waals surface area contributed by atoms with Crippen molar-refractivity contribution in [3.05, 3.63) is 59.7 Å². The zero-order valence-electron chi connectivity index (χ0n) is 14.3. The molecular formula is C19H24N2O3. The highest BCUT2D eigenvalue weighted by molar-refractivity contribution is 5.77. The summed E-state index contributed by atoms with van der Waals surface area (Å²) in [7, 11) is 3.92. The number of nitrogens with zero attached hydrogens (tertiary/aromatic N) is 1. The zero-order chi connectivity index (χ0) is 17.5. The van der Waals surface area contributed by atoms with E-state index in [0.29, 0.717) is 5.75 Å². The van der Waals surface area contributed by atoms with Crippen molar-refractivity contribution < 1.29 is 14.6 Å². The van der Waals surface area contributed by atoms with Gasteiger partial charge in [-0.2, -0.15) is 0 Å². The maximum atomic E-state index is 11.8. The minimum absolute atomic E-state index is 0.0741. The standard InChI is InChI=1S/C19H24N2O3/c1-14-4-10-17(11-5-14)24-13-19(23)20-12-18(22)15-6-8-16(9-7-15)21(2)3/h4-11,18,22H,12-13H2,1-3H3,(H,20,23). The largest absolute Gasteiger partial charge is 0.484 e. The smallest absolute Gasteiger partial charge is 0.258 e. The van der Waals surface area contributed by atoms with Crippen LogP contribution >= 0.6 is 0 Å². The predicted octanol–water partition coefficient (Wildman–Crippen LogP) is 2.29. The van der Waals surface area contributed by atoms with Crippen LogP contribution in [0.25, 0.3) is 0 Å². The van der Waals surface area contributed by atoms with Gasteiger partial charge in [0.05, 0.1) is 6.10 Å². The number of amides is 1. The Bertz CT molecular complexity index is 651. The molecule has 1 atom stereocenters. The van der Waals surface area contributed by atoms with Gasteiger partial charge in [-0.1, -0.05) is 29.8 Å². The summed E-state index contributed by atoms with van der Waals surface area (Å²) in [4.78, 5) is 13.8. The average molecular weight is 328 g/mol. The van der Waals surface area contributed by atoms with Crippen LogP contribution in [-0.4, -0.2) is 38.3 Å². The van der Waals surface area contributed by atoms with Crippen LogP contribution in [-0.2, 0) is 4.79 Å². The molecule has 5 heteroatoms. The van der Waals surface area contributed by atoms with E-state index in [4.69, 9.17) is 4.74 Å². The molecule has 0 radical (unpaired) electrons. The van der Waals surface area contributed by atoms with Crippen molar-refractivity contribution >= 4 is 11.6 Å². The molecule has 0 aliphatic rings. The molecule has 0 spiro atoms. The summed E-state index contributed by atoms with van der Waals surface area (Å²) < 4.78 is 5.40. The van der Waals surface area contributed by atoms with Gasteiger partial charge in [0.2, 0.25) is 0 Å². The number of aliphatic hydroxyl groups is 1. The number of nitrogens with one attached hydrogen (secondary N) is 1. The highest BCUT2D eigenvalue weighted by Gasteiger charge is 2.10. The number of benzene rings is 2.